The summed E-state index contributed by atoms with van der Waals surface area (Å²) < 4.78 is 11.0. The van der Waals surface area contributed by atoms with Gasteiger partial charge >= 0.3 is 0 Å². The highest BCUT2D eigenvalue weighted by molar-refractivity contribution is 6.09. The molecule has 0 radical (unpaired) electrons. The molecule has 0 bridgehead atoms. The topological polar surface area (TPSA) is 67.6 Å². The van der Waals surface area contributed by atoms with E-state index in [0.717, 1.165) is 78.2 Å². The molecule has 32 heavy (non-hydrogen) atoms. The molecule has 1 aliphatic heterocycles. The molecule has 0 atom stereocenters. The van der Waals surface area contributed by atoms with Crippen LogP contribution in [0, 0.1) is 0 Å². The number of hydrogen-bond donors (Lipinski definition) is 1. The smallest absolute Gasteiger partial charge is 0.252 e. The number of carbonyl (C=O) groups is 1. The van der Waals surface area contributed by atoms with E-state index >= 15 is 0 Å². The molecule has 1 N–H and O–H groups in total. The molecule has 3 aromatic rings. The molecule has 0 saturated carbocycles. The zero-order chi connectivity index (χ0) is 22.1. The third-order valence-electron chi connectivity index (χ3n) is 6.58. The molecule has 6 nitrogen and oxygen atoms in total. The molecule has 1 fully saturated rings. The van der Waals surface area contributed by atoms with Gasteiger partial charge in [-0.25, -0.2) is 4.98 Å². The number of carbonyl (C=O) groups excluding carboxylic acids is 1. The van der Waals surface area contributed by atoms with Gasteiger partial charge < -0.3 is 14.5 Å². The third kappa shape index (κ3) is 3.96. The van der Waals surface area contributed by atoms with Gasteiger partial charge in [0.15, 0.2) is 0 Å². The van der Waals surface area contributed by atoms with E-state index in [1.165, 1.54) is 0 Å². The summed E-state index contributed by atoms with van der Waals surface area (Å²) >= 11 is 0. The van der Waals surface area contributed by atoms with Gasteiger partial charge in [0.2, 0.25) is 0 Å². The second-order valence-electron chi connectivity index (χ2n) is 9.11. The number of benzene rings is 1. The van der Waals surface area contributed by atoms with Gasteiger partial charge in [-0.15, -0.1) is 0 Å². The molecule has 1 aromatic carbocycles. The maximum atomic E-state index is 13.6. The maximum absolute atomic E-state index is 13.6. The summed E-state index contributed by atoms with van der Waals surface area (Å²) in [6, 6.07) is 11.7. The van der Waals surface area contributed by atoms with Gasteiger partial charge in [-0.1, -0.05) is 18.2 Å². The number of hydrogen-bond acceptors (Lipinski definition) is 5. The first-order valence-corrected chi connectivity index (χ1v) is 11.3. The third-order valence-corrected chi connectivity index (χ3v) is 6.58. The first-order chi connectivity index (χ1) is 15.5. The lowest BCUT2D eigenvalue weighted by molar-refractivity contribution is -0.00923. The van der Waals surface area contributed by atoms with Crippen molar-refractivity contribution in [2.75, 3.05) is 32.8 Å². The summed E-state index contributed by atoms with van der Waals surface area (Å²) in [6.07, 6.45) is 5.36. The normalized spacial score (nSPS) is 18.2. The molecule has 0 spiro atoms. The molecular weight excluding hydrogens is 402 g/mol. The minimum Gasteiger partial charge on any atom is -0.465 e. The number of pyridine rings is 1. The van der Waals surface area contributed by atoms with Crippen molar-refractivity contribution in [1.82, 2.24) is 15.2 Å². The molecule has 2 aromatic heterocycles. The molecule has 5 rings (SSSR count). The molecule has 1 aliphatic carbocycles. The fourth-order valence-corrected chi connectivity index (χ4v) is 4.75. The Bertz CT molecular complexity index is 1160. The van der Waals surface area contributed by atoms with Crippen molar-refractivity contribution in [3.63, 3.8) is 0 Å². The summed E-state index contributed by atoms with van der Waals surface area (Å²) in [5, 5.41) is 4.14. The summed E-state index contributed by atoms with van der Waals surface area (Å²) in [5.41, 5.74) is 4.52. The zero-order valence-electron chi connectivity index (χ0n) is 18.7. The fourth-order valence-electron chi connectivity index (χ4n) is 4.75. The number of allylic oxidation sites excluding steroid dienone is 1. The summed E-state index contributed by atoms with van der Waals surface area (Å²) in [4.78, 5) is 20.9. The van der Waals surface area contributed by atoms with Crippen molar-refractivity contribution in [2.45, 2.75) is 32.2 Å². The van der Waals surface area contributed by atoms with Gasteiger partial charge in [-0.3, -0.25) is 9.69 Å². The quantitative estimate of drug-likeness (QED) is 0.657. The van der Waals surface area contributed by atoms with Gasteiger partial charge in [0.25, 0.3) is 5.91 Å². The van der Waals surface area contributed by atoms with E-state index in [-0.39, 0.29) is 11.4 Å². The lowest BCUT2D eigenvalue weighted by atomic mass is 9.98. The molecule has 2 aliphatic rings. The van der Waals surface area contributed by atoms with Crippen LogP contribution in [0.15, 0.2) is 47.1 Å². The number of furan rings is 1. The maximum Gasteiger partial charge on any atom is 0.252 e. The van der Waals surface area contributed by atoms with E-state index in [2.05, 4.69) is 24.1 Å². The molecule has 0 unspecified atom stereocenters. The SMILES string of the molecule is CC(C)(CNC(=O)c1c2c(nc3ccccc13)C(=Cc1ccco1)CC2)N1CCOCC1. The molecule has 1 saturated heterocycles. The van der Waals surface area contributed by atoms with Crippen LogP contribution in [-0.4, -0.2) is 54.2 Å². The zero-order valence-corrected chi connectivity index (χ0v) is 18.7. The molecule has 1 amide bonds. The number of nitrogens with one attached hydrogen (secondary N) is 1. The van der Waals surface area contributed by atoms with Crippen LogP contribution in [0.5, 0.6) is 0 Å². The number of para-hydroxylation sites is 1. The number of ether oxygens (including phenoxy) is 1. The minimum absolute atomic E-state index is 0.0274. The Labute approximate surface area is 188 Å². The van der Waals surface area contributed by atoms with Crippen LogP contribution in [0.2, 0.25) is 0 Å². The highest BCUT2D eigenvalue weighted by atomic mass is 16.5. The number of morpholine rings is 1. The fraction of sp³-hybridized carbons (Fsp3) is 0.385. The van der Waals surface area contributed by atoms with Crippen LogP contribution >= 0.6 is 0 Å². The van der Waals surface area contributed by atoms with Crippen molar-refractivity contribution in [3.8, 4) is 0 Å². The Morgan fingerprint density at radius 2 is 1.97 bits per heavy atom. The molecular formula is C26H29N3O3. The van der Waals surface area contributed by atoms with Crippen LogP contribution in [0.1, 0.15) is 47.6 Å². The van der Waals surface area contributed by atoms with Crippen molar-refractivity contribution < 1.29 is 13.9 Å². The lowest BCUT2D eigenvalue weighted by Gasteiger charge is -2.40. The van der Waals surface area contributed by atoms with Gasteiger partial charge in [-0.05, 0) is 62.1 Å². The average Bonchev–Trinajstić information content (AvgIpc) is 3.47. The van der Waals surface area contributed by atoms with Gasteiger partial charge in [-0.2, -0.15) is 0 Å². The largest absolute Gasteiger partial charge is 0.465 e. The number of fused-ring (bicyclic) bond motifs is 2. The van der Waals surface area contributed by atoms with Crippen molar-refractivity contribution in [2.24, 2.45) is 0 Å². The number of rotatable bonds is 5. The van der Waals surface area contributed by atoms with Crippen molar-refractivity contribution >= 4 is 28.5 Å². The summed E-state index contributed by atoms with van der Waals surface area (Å²) in [5.74, 6) is 0.779. The molecule has 6 heteroatoms. The Kier molecular flexibility index (Phi) is 5.57. The Balaban J connectivity index is 1.47. The highest BCUT2D eigenvalue weighted by Crippen LogP contribution is 2.37. The Morgan fingerprint density at radius 3 is 2.75 bits per heavy atom. The summed E-state index contributed by atoms with van der Waals surface area (Å²) in [7, 11) is 0. The second-order valence-corrected chi connectivity index (χ2v) is 9.11. The average molecular weight is 432 g/mol. The first kappa shape index (κ1) is 20.9. The minimum atomic E-state index is -0.143. The number of nitrogens with zero attached hydrogens (tertiary/aromatic N) is 2. The van der Waals surface area contributed by atoms with Crippen LogP contribution < -0.4 is 5.32 Å². The lowest BCUT2D eigenvalue weighted by Crippen LogP contribution is -2.55. The standard InChI is InChI=1S/C26H29N3O3/c1-26(2,29-11-14-31-15-12-29)17-27-25(30)23-20-7-3-4-8-22(20)28-24-18(9-10-21(23)24)16-19-6-5-13-32-19/h3-8,13,16H,9-12,14-15,17H2,1-2H3,(H,27,30). The van der Waals surface area contributed by atoms with E-state index in [1.54, 1.807) is 6.26 Å². The van der Waals surface area contributed by atoms with E-state index < -0.39 is 0 Å². The Morgan fingerprint density at radius 1 is 1.16 bits per heavy atom. The van der Waals surface area contributed by atoms with Crippen LogP contribution in [0.3, 0.4) is 0 Å². The number of aromatic nitrogens is 1. The summed E-state index contributed by atoms with van der Waals surface area (Å²) in [6.45, 7) is 8.19. The van der Waals surface area contributed by atoms with E-state index in [4.69, 9.17) is 14.1 Å². The van der Waals surface area contributed by atoms with Crippen molar-refractivity contribution in [3.05, 3.63) is 65.2 Å². The Hall–Kier alpha value is -2.96. The van der Waals surface area contributed by atoms with E-state index in [1.807, 2.05) is 42.5 Å². The van der Waals surface area contributed by atoms with Gasteiger partial charge in [0.1, 0.15) is 5.76 Å². The first-order valence-electron chi connectivity index (χ1n) is 11.3. The highest BCUT2D eigenvalue weighted by Gasteiger charge is 2.31. The predicted molar refractivity (Wildman–Crippen MR) is 125 cm³/mol. The van der Waals surface area contributed by atoms with Crippen molar-refractivity contribution in [1.29, 1.82) is 0 Å². The van der Waals surface area contributed by atoms with E-state index in [0.29, 0.717) is 6.54 Å². The predicted octanol–water partition coefficient (Wildman–Crippen LogP) is 4.16. The van der Waals surface area contributed by atoms with Gasteiger partial charge in [0.05, 0.1) is 36.3 Å². The molecule has 166 valence electrons. The van der Waals surface area contributed by atoms with Crippen LogP contribution in [-0.2, 0) is 11.2 Å². The number of amides is 1. The van der Waals surface area contributed by atoms with Crippen LogP contribution in [0.25, 0.3) is 22.6 Å². The van der Waals surface area contributed by atoms with E-state index in [9.17, 15) is 4.79 Å². The monoisotopic (exact) mass is 431 g/mol. The van der Waals surface area contributed by atoms with Gasteiger partial charge in [0, 0.05) is 30.6 Å². The molecule has 3 heterocycles. The second kappa shape index (κ2) is 8.52. The van der Waals surface area contributed by atoms with Crippen LogP contribution in [0.4, 0.5) is 0 Å².